The van der Waals surface area contributed by atoms with Gasteiger partial charge in [0.1, 0.15) is 115 Å². The first-order chi connectivity index (χ1) is 63.9. The first kappa shape index (κ1) is 90.1. The van der Waals surface area contributed by atoms with E-state index < -0.39 is 146 Å². The minimum absolute atomic E-state index is 0.0115. The zero-order chi connectivity index (χ0) is 88.4. The van der Waals surface area contributed by atoms with Crippen molar-refractivity contribution in [3.05, 3.63) is 371 Å². The van der Waals surface area contributed by atoms with E-state index in [9.17, 15) is 4.79 Å². The molecule has 6 aliphatic heterocycles. The van der Waals surface area contributed by atoms with Crippen LogP contribution in [0, 0.1) is 0 Å². The van der Waals surface area contributed by atoms with Gasteiger partial charge in [-0.3, -0.25) is 0 Å². The van der Waals surface area contributed by atoms with Crippen LogP contribution in [0.5, 0.6) is 0 Å². The van der Waals surface area contributed by atoms with Gasteiger partial charge in [0.25, 0.3) is 0 Å². The average Bonchev–Trinajstić information content (AvgIpc) is 1.56. The summed E-state index contributed by atoms with van der Waals surface area (Å²) < 4.78 is 146. The Hall–Kier alpha value is -10.4. The first-order valence-electron chi connectivity index (χ1n) is 44.4. The molecule has 6 fully saturated rings. The van der Waals surface area contributed by atoms with Crippen LogP contribution in [0.3, 0.4) is 0 Å². The molecule has 130 heavy (non-hydrogen) atoms. The Morgan fingerprint density at radius 3 is 1.28 bits per heavy atom. The highest BCUT2D eigenvalue weighted by atomic mass is 32.2. The Morgan fingerprint density at radius 2 is 0.792 bits per heavy atom. The minimum atomic E-state index is -1.54. The molecule has 0 radical (unpaired) electrons. The summed E-state index contributed by atoms with van der Waals surface area (Å²) in [4.78, 5) is 39.6. The topological polar surface area (TPSA) is 245 Å². The molecule has 0 saturated carbocycles. The molecular weight excluding hydrogens is 1670 g/mol. The third-order valence-corrected chi connectivity index (χ3v) is 24.7. The SMILES string of the molecule is CCS[C@@H]1O[C@@H]2COC(c3ccccc3)O[C@@H]2[C@H](O[C@@H]2O[C@@H]([C@@H]3COC(C)(C)O3)[C@H](OC3O[C@@H]([C@H](COCc4ccccc4)OC(=O)c4ccc5ccccc5n4)[C@H](OCc4ccccc4)[C@H]3OCc3ccccc3)[C@H]2O[C@H]2O[C@@H]([C@H](COC(=O)c3ccc4ccccc4n3)OCc3ccccc3)[C@H](OCc3ccccc3)[C@H]2OCc2ccccc2)[C@H]1OCc1ccccc1. The van der Waals surface area contributed by atoms with Gasteiger partial charge < -0.3 is 94.7 Å². The van der Waals surface area contributed by atoms with Gasteiger partial charge in [-0.25, -0.2) is 19.6 Å². The Kier molecular flexibility index (Phi) is 30.3. The number of carbonyl (C=O) groups excluding carboxylic acids is 2. The van der Waals surface area contributed by atoms with Crippen molar-refractivity contribution in [2.45, 2.75) is 201 Å². The Bertz CT molecular complexity index is 5540. The molecule has 0 spiro atoms. The van der Waals surface area contributed by atoms with Crippen molar-refractivity contribution in [2.75, 3.05) is 32.2 Å². The van der Waals surface area contributed by atoms with Crippen molar-refractivity contribution in [1.29, 1.82) is 0 Å². The minimum Gasteiger partial charge on any atom is -0.458 e. The quantitative estimate of drug-likeness (QED) is 0.0325. The van der Waals surface area contributed by atoms with E-state index >= 15 is 4.79 Å². The lowest BCUT2D eigenvalue weighted by molar-refractivity contribution is -0.352. The number of para-hydroxylation sites is 2. The molecule has 8 heterocycles. The smallest absolute Gasteiger partial charge is 0.357 e. The van der Waals surface area contributed by atoms with Crippen LogP contribution in [-0.2, 0) is 141 Å². The standard InChI is InChI=1S/C105H106N2O22S/c1-4-130-104-97(116-63-74-45-25-11-26-46-74)93(88-84(121-104)66-118-100(122-88)77-49-27-12-28-50-77)127-103-96(128-102-94(114-61-72-41-21-9-22-42-72)90(112-59-70-37-17-7-18-38-70)86(123-102)82(111-58-69-35-15-6-16-36-69)65-117-98(108)80-55-53-75-47-29-31-51-78(75)106-80)92(89(125-103)85-67-119-105(2,3)129-85)126-101-95(115-62-73-43-23-10-24-44-73)91(113-60-71-39-19-8-20-40-71)87(124-101)83(64-110-57-68-33-13-5-14-34-68)120-99(109)81-56-54-76-48-30-32-52-79(76)107-81/h5-56,82-97,100-104H,4,57-67H2,1-3H3/t82-,83-,84+,85-,86-,87-,88-,89-,90-,91-,92-,93-,94+,95+,96+,97+,100?,101?,102+,103-,104-/m0/s1. The summed E-state index contributed by atoms with van der Waals surface area (Å²) in [6.45, 7) is 5.62. The van der Waals surface area contributed by atoms with Gasteiger partial charge >= 0.3 is 11.9 Å². The molecule has 0 bridgehead atoms. The predicted octanol–water partition coefficient (Wildman–Crippen LogP) is 17.0. The number of carbonyl (C=O) groups is 2. The molecule has 10 aromatic carbocycles. The third-order valence-electron chi connectivity index (χ3n) is 23.7. The molecule has 24 nitrogen and oxygen atoms in total. The summed E-state index contributed by atoms with van der Waals surface area (Å²) >= 11 is 1.56. The van der Waals surface area contributed by atoms with E-state index in [2.05, 4.69) is 6.92 Å². The maximum atomic E-state index is 15.3. The number of hydrogen-bond acceptors (Lipinski definition) is 25. The monoisotopic (exact) mass is 1780 g/mol. The lowest BCUT2D eigenvalue weighted by atomic mass is 9.97. The molecular formula is C105H106N2O22S. The van der Waals surface area contributed by atoms with E-state index in [1.165, 1.54) is 0 Å². The van der Waals surface area contributed by atoms with Crippen molar-refractivity contribution in [1.82, 2.24) is 9.97 Å². The molecule has 2 unspecified atom stereocenters. The molecule has 12 aromatic rings. The van der Waals surface area contributed by atoms with Crippen LogP contribution < -0.4 is 0 Å². The Balaban J connectivity index is 0.793. The number of ether oxygens (including phenoxy) is 20. The number of rotatable bonds is 39. The Labute approximate surface area is 760 Å². The second-order valence-corrected chi connectivity index (χ2v) is 34.6. The molecule has 18 rings (SSSR count). The van der Waals surface area contributed by atoms with Crippen LogP contribution in [0.1, 0.15) is 92.5 Å². The molecule has 2 aromatic heterocycles. The predicted molar refractivity (Wildman–Crippen MR) is 481 cm³/mol. The number of benzene rings is 10. The van der Waals surface area contributed by atoms with Gasteiger partial charge in [0.15, 0.2) is 37.1 Å². The van der Waals surface area contributed by atoms with Crippen LogP contribution in [-0.4, -0.2) is 182 Å². The second-order valence-electron chi connectivity index (χ2n) is 33.2. The molecule has 25 heteroatoms. The van der Waals surface area contributed by atoms with E-state index in [4.69, 9.17) is 105 Å². The number of thioether (sulfide) groups is 1. The maximum absolute atomic E-state index is 15.3. The maximum Gasteiger partial charge on any atom is 0.357 e. The summed E-state index contributed by atoms with van der Waals surface area (Å²) in [5.74, 6) is -2.02. The third kappa shape index (κ3) is 22.7. The van der Waals surface area contributed by atoms with Gasteiger partial charge in [0, 0.05) is 16.3 Å². The normalized spacial score (nSPS) is 26.9. The van der Waals surface area contributed by atoms with Crippen LogP contribution in [0.25, 0.3) is 21.8 Å². The largest absolute Gasteiger partial charge is 0.458 e. The highest BCUT2D eigenvalue weighted by Crippen LogP contribution is 2.47. The van der Waals surface area contributed by atoms with E-state index in [0.717, 1.165) is 55.3 Å². The number of fused-ring (bicyclic) bond motifs is 3. The summed E-state index contributed by atoms with van der Waals surface area (Å²) in [7, 11) is 0. The number of hydrogen-bond donors (Lipinski definition) is 0. The number of esters is 2. The van der Waals surface area contributed by atoms with E-state index in [1.54, 1.807) is 23.9 Å². The zero-order valence-electron chi connectivity index (χ0n) is 72.4. The number of pyridine rings is 2. The highest BCUT2D eigenvalue weighted by Gasteiger charge is 2.63. The fraction of sp³-hybridized carbons (Fsp3) is 0.352. The van der Waals surface area contributed by atoms with Crippen LogP contribution >= 0.6 is 11.8 Å². The van der Waals surface area contributed by atoms with E-state index in [0.29, 0.717) is 16.8 Å². The van der Waals surface area contributed by atoms with E-state index in [-0.39, 0.29) is 84.1 Å². The molecule has 6 saturated heterocycles. The molecule has 674 valence electrons. The van der Waals surface area contributed by atoms with Crippen molar-refractivity contribution < 1.29 is 104 Å². The first-order valence-corrected chi connectivity index (χ1v) is 45.5. The van der Waals surface area contributed by atoms with Crippen molar-refractivity contribution in [3.8, 4) is 0 Å². The van der Waals surface area contributed by atoms with Gasteiger partial charge in [-0.2, -0.15) is 0 Å². The fourth-order valence-corrected chi connectivity index (χ4v) is 18.2. The van der Waals surface area contributed by atoms with Crippen molar-refractivity contribution >= 4 is 45.5 Å². The van der Waals surface area contributed by atoms with Crippen molar-refractivity contribution in [3.63, 3.8) is 0 Å². The summed E-state index contributed by atoms with van der Waals surface area (Å²) in [6, 6.07) is 100.0. The van der Waals surface area contributed by atoms with Crippen LogP contribution in [0.4, 0.5) is 0 Å². The number of nitrogens with zero attached hydrogens (tertiary/aromatic N) is 2. The lowest BCUT2D eigenvalue weighted by Crippen LogP contribution is -2.63. The summed E-state index contributed by atoms with van der Waals surface area (Å²) in [5, 5.41) is 1.67. The van der Waals surface area contributed by atoms with Gasteiger partial charge in [0.05, 0.1) is 77.1 Å². The summed E-state index contributed by atoms with van der Waals surface area (Å²) in [6.07, 6.45) is -23.6. The van der Waals surface area contributed by atoms with Crippen molar-refractivity contribution in [2.24, 2.45) is 0 Å². The fourth-order valence-electron chi connectivity index (χ4n) is 17.2. The van der Waals surface area contributed by atoms with Gasteiger partial charge in [-0.05, 0) is 82.8 Å². The zero-order valence-corrected chi connectivity index (χ0v) is 73.2. The van der Waals surface area contributed by atoms with Crippen LogP contribution in [0.15, 0.2) is 315 Å². The molecule has 0 amide bonds. The molecule has 6 aliphatic rings. The van der Waals surface area contributed by atoms with E-state index in [1.807, 2.05) is 317 Å². The molecule has 0 aliphatic carbocycles. The van der Waals surface area contributed by atoms with Gasteiger partial charge in [-0.1, -0.05) is 298 Å². The number of aromatic nitrogens is 2. The molecule has 0 N–H and O–H groups in total. The second kappa shape index (κ2) is 43.8. The van der Waals surface area contributed by atoms with Gasteiger partial charge in [0.2, 0.25) is 0 Å². The van der Waals surface area contributed by atoms with Crippen LogP contribution in [0.2, 0.25) is 0 Å². The lowest BCUT2D eigenvalue weighted by Gasteiger charge is -2.49. The Morgan fingerprint density at radius 1 is 0.385 bits per heavy atom. The highest BCUT2D eigenvalue weighted by molar-refractivity contribution is 7.99. The van der Waals surface area contributed by atoms with Gasteiger partial charge in [-0.15, -0.1) is 11.8 Å². The summed E-state index contributed by atoms with van der Waals surface area (Å²) in [5.41, 5.74) is 7.27. The average molecular weight is 1780 g/mol. The molecule has 21 atom stereocenters.